The summed E-state index contributed by atoms with van der Waals surface area (Å²) in [6, 6.07) is 26.3. The molecule has 4 rings (SSSR count). The standard InChI is InChI=1S/C33H30BrCl2N3O5/c1-21(44-29-15-13-26(35)18-27(29)36)32(40)38-28(16-22-6-4-3-5-7-22)33(41)39-37-19-24-10-14-30(31(17-24)42-2)43-20-23-8-11-25(34)12-9-23/h3-15,17-19,21,28H,16,20H2,1-2H3,(H,38,40)(H,39,41)/b37-19-/t21-,28-/m1/s1. The van der Waals surface area contributed by atoms with Gasteiger partial charge in [-0.2, -0.15) is 5.10 Å². The Labute approximate surface area is 274 Å². The predicted molar refractivity (Wildman–Crippen MR) is 176 cm³/mol. The highest BCUT2D eigenvalue weighted by atomic mass is 79.9. The number of ether oxygens (including phenoxy) is 3. The molecule has 0 aromatic heterocycles. The summed E-state index contributed by atoms with van der Waals surface area (Å²) in [4.78, 5) is 26.2. The minimum atomic E-state index is -0.944. The van der Waals surface area contributed by atoms with Crippen LogP contribution in [0.15, 0.2) is 101 Å². The van der Waals surface area contributed by atoms with E-state index in [0.29, 0.717) is 34.4 Å². The van der Waals surface area contributed by atoms with Crippen molar-refractivity contribution in [3.05, 3.63) is 122 Å². The van der Waals surface area contributed by atoms with Gasteiger partial charge < -0.3 is 19.5 Å². The van der Waals surface area contributed by atoms with Gasteiger partial charge in [0, 0.05) is 15.9 Å². The predicted octanol–water partition coefficient (Wildman–Crippen LogP) is 6.99. The number of nitrogens with zero attached hydrogens (tertiary/aromatic N) is 1. The number of rotatable bonds is 13. The molecule has 0 bridgehead atoms. The summed E-state index contributed by atoms with van der Waals surface area (Å²) in [5.74, 6) is 0.378. The molecule has 11 heteroatoms. The summed E-state index contributed by atoms with van der Waals surface area (Å²) < 4.78 is 18.1. The molecule has 0 aliphatic rings. The molecule has 8 nitrogen and oxygen atoms in total. The van der Waals surface area contributed by atoms with Crippen molar-refractivity contribution in [1.82, 2.24) is 10.7 Å². The van der Waals surface area contributed by atoms with Crippen molar-refractivity contribution in [2.45, 2.75) is 32.1 Å². The highest BCUT2D eigenvalue weighted by Crippen LogP contribution is 2.29. The molecule has 4 aromatic rings. The lowest BCUT2D eigenvalue weighted by molar-refractivity contribution is -0.132. The van der Waals surface area contributed by atoms with E-state index in [1.54, 1.807) is 44.4 Å². The molecule has 0 spiro atoms. The number of amides is 2. The maximum atomic E-state index is 13.2. The van der Waals surface area contributed by atoms with E-state index in [1.807, 2.05) is 54.6 Å². The molecule has 0 aliphatic heterocycles. The van der Waals surface area contributed by atoms with Crippen molar-refractivity contribution in [3.63, 3.8) is 0 Å². The molecule has 44 heavy (non-hydrogen) atoms. The topological polar surface area (TPSA) is 98.2 Å². The van der Waals surface area contributed by atoms with Gasteiger partial charge in [0.1, 0.15) is 18.4 Å². The molecule has 228 valence electrons. The fourth-order valence-electron chi connectivity index (χ4n) is 4.04. The number of nitrogens with one attached hydrogen (secondary N) is 2. The van der Waals surface area contributed by atoms with Gasteiger partial charge in [-0.15, -0.1) is 0 Å². The molecule has 0 radical (unpaired) electrons. The number of hydrazone groups is 1. The molecular weight excluding hydrogens is 669 g/mol. The lowest BCUT2D eigenvalue weighted by atomic mass is 10.1. The summed E-state index contributed by atoms with van der Waals surface area (Å²) in [6.07, 6.45) is 0.773. The zero-order valence-corrected chi connectivity index (χ0v) is 27.0. The fraction of sp³-hybridized carbons (Fsp3) is 0.182. The van der Waals surface area contributed by atoms with Gasteiger partial charge >= 0.3 is 0 Å². The van der Waals surface area contributed by atoms with Gasteiger partial charge in [-0.1, -0.05) is 81.6 Å². The van der Waals surface area contributed by atoms with Crippen LogP contribution < -0.4 is 25.0 Å². The highest BCUT2D eigenvalue weighted by molar-refractivity contribution is 9.10. The van der Waals surface area contributed by atoms with Crippen LogP contribution in [-0.4, -0.2) is 37.3 Å². The normalized spacial score (nSPS) is 12.3. The molecule has 2 amide bonds. The van der Waals surface area contributed by atoms with Crippen LogP contribution in [0.4, 0.5) is 0 Å². The van der Waals surface area contributed by atoms with Crippen LogP contribution in [-0.2, 0) is 22.6 Å². The molecule has 0 saturated heterocycles. The van der Waals surface area contributed by atoms with Gasteiger partial charge in [-0.3, -0.25) is 9.59 Å². The third-order valence-corrected chi connectivity index (χ3v) is 7.43. The summed E-state index contributed by atoms with van der Waals surface area (Å²) in [5, 5.41) is 7.59. The molecule has 0 unspecified atom stereocenters. The number of carbonyl (C=O) groups is 2. The van der Waals surface area contributed by atoms with Crippen molar-refractivity contribution < 1.29 is 23.8 Å². The first kappa shape index (κ1) is 32.9. The van der Waals surface area contributed by atoms with E-state index in [4.69, 9.17) is 37.4 Å². The van der Waals surface area contributed by atoms with Crippen molar-refractivity contribution in [1.29, 1.82) is 0 Å². The number of hydrogen-bond donors (Lipinski definition) is 2. The van der Waals surface area contributed by atoms with Crippen LogP contribution in [0, 0.1) is 0 Å². The van der Waals surface area contributed by atoms with E-state index in [-0.39, 0.29) is 11.4 Å². The Balaban J connectivity index is 1.40. The highest BCUT2D eigenvalue weighted by Gasteiger charge is 2.25. The van der Waals surface area contributed by atoms with Gasteiger partial charge in [0.05, 0.1) is 18.3 Å². The number of halogens is 3. The maximum absolute atomic E-state index is 13.2. The SMILES string of the molecule is COc1cc(/C=N\NC(=O)[C@@H](Cc2ccccc2)NC(=O)[C@@H](C)Oc2ccc(Cl)cc2Cl)ccc1OCc1ccc(Br)cc1. The third-order valence-electron chi connectivity index (χ3n) is 6.37. The minimum Gasteiger partial charge on any atom is -0.493 e. The summed E-state index contributed by atoms with van der Waals surface area (Å²) in [5.41, 5.74) is 5.06. The minimum absolute atomic E-state index is 0.237. The van der Waals surface area contributed by atoms with E-state index in [9.17, 15) is 9.59 Å². The molecule has 0 saturated carbocycles. The third kappa shape index (κ3) is 9.74. The molecule has 0 fully saturated rings. The summed E-state index contributed by atoms with van der Waals surface area (Å²) >= 11 is 15.6. The van der Waals surface area contributed by atoms with Gasteiger partial charge in [-0.05, 0) is 72.1 Å². The Hall–Kier alpha value is -4.05. The summed E-state index contributed by atoms with van der Waals surface area (Å²) in [6.45, 7) is 1.94. The Kier molecular flexibility index (Phi) is 12.1. The van der Waals surface area contributed by atoms with Gasteiger partial charge in [0.25, 0.3) is 11.8 Å². The van der Waals surface area contributed by atoms with E-state index in [1.165, 1.54) is 12.3 Å². The Morgan fingerprint density at radius 2 is 1.61 bits per heavy atom. The first-order valence-corrected chi connectivity index (χ1v) is 15.1. The number of hydrogen-bond acceptors (Lipinski definition) is 6. The second kappa shape index (κ2) is 16.1. The fourth-order valence-corrected chi connectivity index (χ4v) is 4.75. The maximum Gasteiger partial charge on any atom is 0.262 e. The zero-order chi connectivity index (χ0) is 31.5. The van der Waals surface area contributed by atoms with E-state index >= 15 is 0 Å². The van der Waals surface area contributed by atoms with E-state index in [0.717, 1.165) is 15.6 Å². The second-order valence-corrected chi connectivity index (χ2v) is 11.4. The van der Waals surface area contributed by atoms with Gasteiger partial charge in [0.15, 0.2) is 17.6 Å². The van der Waals surface area contributed by atoms with Crippen molar-refractivity contribution >= 4 is 57.2 Å². The van der Waals surface area contributed by atoms with Gasteiger partial charge in [0.2, 0.25) is 0 Å². The Bertz CT molecular complexity index is 1600. The number of methoxy groups -OCH3 is 1. The molecular formula is C33H30BrCl2N3O5. The number of carbonyl (C=O) groups excluding carboxylic acids is 2. The zero-order valence-electron chi connectivity index (χ0n) is 23.9. The lowest BCUT2D eigenvalue weighted by Gasteiger charge is -2.21. The molecule has 2 N–H and O–H groups in total. The Morgan fingerprint density at radius 3 is 2.32 bits per heavy atom. The average Bonchev–Trinajstić information content (AvgIpc) is 3.02. The second-order valence-electron chi connectivity index (χ2n) is 9.65. The smallest absolute Gasteiger partial charge is 0.262 e. The van der Waals surface area contributed by atoms with E-state index < -0.39 is 24.0 Å². The van der Waals surface area contributed by atoms with E-state index in [2.05, 4.69) is 31.8 Å². The monoisotopic (exact) mass is 697 g/mol. The van der Waals surface area contributed by atoms with Crippen molar-refractivity contribution in [3.8, 4) is 17.2 Å². The quantitative estimate of drug-likeness (QED) is 0.116. The number of benzene rings is 4. The lowest BCUT2D eigenvalue weighted by Crippen LogP contribution is -2.50. The average molecular weight is 699 g/mol. The van der Waals surface area contributed by atoms with Crippen LogP contribution in [0.3, 0.4) is 0 Å². The molecule has 0 aliphatic carbocycles. The van der Waals surface area contributed by atoms with Gasteiger partial charge in [-0.25, -0.2) is 5.43 Å². The first-order chi connectivity index (χ1) is 21.2. The van der Waals surface area contributed by atoms with Crippen LogP contribution >= 0.6 is 39.1 Å². The summed E-state index contributed by atoms with van der Waals surface area (Å²) in [7, 11) is 1.55. The van der Waals surface area contributed by atoms with Crippen LogP contribution in [0.2, 0.25) is 10.0 Å². The largest absolute Gasteiger partial charge is 0.493 e. The van der Waals surface area contributed by atoms with Crippen LogP contribution in [0.25, 0.3) is 0 Å². The van der Waals surface area contributed by atoms with Crippen molar-refractivity contribution in [2.75, 3.05) is 7.11 Å². The molecule has 0 heterocycles. The van der Waals surface area contributed by atoms with Crippen LogP contribution in [0.5, 0.6) is 17.2 Å². The first-order valence-electron chi connectivity index (χ1n) is 13.6. The van der Waals surface area contributed by atoms with Crippen molar-refractivity contribution in [2.24, 2.45) is 5.10 Å². The molecule has 2 atom stereocenters. The Morgan fingerprint density at radius 1 is 0.886 bits per heavy atom. The van der Waals surface area contributed by atoms with Crippen LogP contribution in [0.1, 0.15) is 23.6 Å². The molecule has 4 aromatic carbocycles.